The summed E-state index contributed by atoms with van der Waals surface area (Å²) in [5.41, 5.74) is 3.94. The minimum absolute atomic E-state index is 1.06. The second kappa shape index (κ2) is 3.87. The normalized spacial score (nSPS) is 13.9. The van der Waals surface area contributed by atoms with Gasteiger partial charge in [0.15, 0.2) is 0 Å². The van der Waals surface area contributed by atoms with Crippen LogP contribution in [-0.4, -0.2) is 12.9 Å². The molecular formula is C14H13NS. The number of fused-ring (bicyclic) bond motifs is 1. The van der Waals surface area contributed by atoms with Crippen molar-refractivity contribution in [3.63, 3.8) is 0 Å². The van der Waals surface area contributed by atoms with Crippen LogP contribution in [-0.2, 0) is 0 Å². The average Bonchev–Trinajstić information content (AvgIpc) is 2.72. The van der Waals surface area contributed by atoms with Crippen LogP contribution in [0.2, 0.25) is 0 Å². The largest absolute Gasteiger partial charge is 0.364 e. The Balaban J connectivity index is 2.08. The van der Waals surface area contributed by atoms with Crippen molar-refractivity contribution in [2.45, 2.75) is 4.90 Å². The van der Waals surface area contributed by atoms with Gasteiger partial charge in [-0.25, -0.2) is 0 Å². The third-order valence-corrected chi connectivity index (χ3v) is 4.06. The van der Waals surface area contributed by atoms with Crippen LogP contribution in [0, 0.1) is 0 Å². The molecule has 1 nitrogen and oxygen atoms in total. The van der Waals surface area contributed by atoms with Gasteiger partial charge < -0.3 is 4.90 Å². The average molecular weight is 227 g/mol. The summed E-state index contributed by atoms with van der Waals surface area (Å²) in [6.07, 6.45) is 0. The lowest BCUT2D eigenvalue weighted by Crippen LogP contribution is -2.10. The van der Waals surface area contributed by atoms with E-state index in [-0.39, 0.29) is 0 Å². The molecule has 0 amide bonds. The molecule has 2 aromatic carbocycles. The van der Waals surface area contributed by atoms with E-state index >= 15 is 0 Å². The first-order chi connectivity index (χ1) is 7.84. The van der Waals surface area contributed by atoms with E-state index in [2.05, 4.69) is 60.5 Å². The molecule has 0 saturated carbocycles. The van der Waals surface area contributed by atoms with Gasteiger partial charge >= 0.3 is 0 Å². The molecule has 0 unspecified atom stereocenters. The quantitative estimate of drug-likeness (QED) is 0.728. The molecule has 0 radical (unpaired) electrons. The van der Waals surface area contributed by atoms with Gasteiger partial charge in [0.1, 0.15) is 0 Å². The van der Waals surface area contributed by atoms with E-state index in [4.69, 9.17) is 0 Å². The second-order valence-corrected chi connectivity index (χ2v) is 5.01. The molecule has 0 bridgehead atoms. The van der Waals surface area contributed by atoms with Crippen molar-refractivity contribution in [3.05, 3.63) is 48.5 Å². The molecule has 0 spiro atoms. The van der Waals surface area contributed by atoms with E-state index in [1.54, 1.807) is 0 Å². The van der Waals surface area contributed by atoms with E-state index in [1.165, 1.54) is 21.7 Å². The molecule has 0 aromatic heterocycles. The van der Waals surface area contributed by atoms with Gasteiger partial charge in [-0.15, -0.1) is 11.8 Å². The highest BCUT2D eigenvalue weighted by atomic mass is 32.2. The Labute approximate surface area is 100 Å². The summed E-state index contributed by atoms with van der Waals surface area (Å²) < 4.78 is 0. The lowest BCUT2D eigenvalue weighted by molar-refractivity contribution is 1.10. The number of thioether (sulfide) groups is 1. The molecule has 0 N–H and O–H groups in total. The number of hydrogen-bond acceptors (Lipinski definition) is 2. The fourth-order valence-electron chi connectivity index (χ4n) is 1.98. The van der Waals surface area contributed by atoms with Gasteiger partial charge in [-0.1, -0.05) is 36.4 Å². The summed E-state index contributed by atoms with van der Waals surface area (Å²) in [5, 5.41) is 0. The smallest absolute Gasteiger partial charge is 0.0683 e. The molecular weight excluding hydrogens is 214 g/mol. The fraction of sp³-hybridized carbons (Fsp3) is 0.143. The number of benzene rings is 2. The minimum Gasteiger partial charge on any atom is -0.364 e. The van der Waals surface area contributed by atoms with Crippen LogP contribution < -0.4 is 4.90 Å². The summed E-state index contributed by atoms with van der Waals surface area (Å²) in [7, 11) is 2.15. The molecule has 80 valence electrons. The molecule has 3 rings (SSSR count). The molecule has 2 aromatic rings. The van der Waals surface area contributed by atoms with Crippen molar-refractivity contribution in [2.24, 2.45) is 0 Å². The van der Waals surface area contributed by atoms with E-state index in [0.717, 1.165) is 5.88 Å². The van der Waals surface area contributed by atoms with Crippen molar-refractivity contribution in [1.29, 1.82) is 0 Å². The van der Waals surface area contributed by atoms with E-state index in [9.17, 15) is 0 Å². The van der Waals surface area contributed by atoms with Crippen LogP contribution in [0.4, 0.5) is 5.69 Å². The van der Waals surface area contributed by atoms with Crippen molar-refractivity contribution in [2.75, 3.05) is 17.8 Å². The molecule has 0 aliphatic carbocycles. The lowest BCUT2D eigenvalue weighted by Gasteiger charge is -2.12. The predicted octanol–water partition coefficient (Wildman–Crippen LogP) is 3.85. The Bertz CT molecular complexity index is 507. The Morgan fingerprint density at radius 3 is 2.62 bits per heavy atom. The Morgan fingerprint density at radius 2 is 1.81 bits per heavy atom. The zero-order valence-corrected chi connectivity index (χ0v) is 10.00. The summed E-state index contributed by atoms with van der Waals surface area (Å²) in [5.74, 6) is 1.06. The molecule has 1 aliphatic rings. The van der Waals surface area contributed by atoms with Crippen molar-refractivity contribution in [1.82, 2.24) is 0 Å². The van der Waals surface area contributed by atoms with Gasteiger partial charge in [0.05, 0.1) is 11.6 Å². The fourth-order valence-corrected chi connectivity index (χ4v) is 2.98. The number of rotatable bonds is 1. The number of anilines is 1. The maximum absolute atomic E-state index is 2.30. The third kappa shape index (κ3) is 1.59. The zero-order chi connectivity index (χ0) is 11.0. The van der Waals surface area contributed by atoms with E-state index in [1.807, 2.05) is 11.8 Å². The Morgan fingerprint density at radius 1 is 1.00 bits per heavy atom. The summed E-state index contributed by atoms with van der Waals surface area (Å²) in [4.78, 5) is 3.69. The molecule has 1 aliphatic heterocycles. The highest BCUT2D eigenvalue weighted by Crippen LogP contribution is 2.39. The van der Waals surface area contributed by atoms with Crippen LogP contribution in [0.3, 0.4) is 0 Å². The lowest BCUT2D eigenvalue weighted by atomic mass is 10.1. The SMILES string of the molecule is CN1CSc2ccc(-c3ccccc3)cc21. The zero-order valence-electron chi connectivity index (χ0n) is 9.18. The van der Waals surface area contributed by atoms with Gasteiger partial charge in [0, 0.05) is 11.9 Å². The highest BCUT2D eigenvalue weighted by Gasteiger charge is 2.16. The molecule has 0 fully saturated rings. The van der Waals surface area contributed by atoms with Crippen LogP contribution in [0.5, 0.6) is 0 Å². The van der Waals surface area contributed by atoms with Crippen molar-refractivity contribution in [3.8, 4) is 11.1 Å². The summed E-state index contributed by atoms with van der Waals surface area (Å²) >= 11 is 1.91. The van der Waals surface area contributed by atoms with Crippen molar-refractivity contribution < 1.29 is 0 Å². The Hall–Kier alpha value is -1.41. The van der Waals surface area contributed by atoms with Crippen LogP contribution in [0.25, 0.3) is 11.1 Å². The first kappa shape index (κ1) is 9.79. The van der Waals surface area contributed by atoms with Gasteiger partial charge in [-0.2, -0.15) is 0 Å². The summed E-state index contributed by atoms with van der Waals surface area (Å²) in [6, 6.07) is 17.3. The topological polar surface area (TPSA) is 3.24 Å². The summed E-state index contributed by atoms with van der Waals surface area (Å²) in [6.45, 7) is 0. The minimum atomic E-state index is 1.06. The molecule has 2 heteroatoms. The first-order valence-electron chi connectivity index (χ1n) is 5.38. The predicted molar refractivity (Wildman–Crippen MR) is 71.0 cm³/mol. The Kier molecular flexibility index (Phi) is 2.37. The van der Waals surface area contributed by atoms with Crippen LogP contribution in [0.15, 0.2) is 53.4 Å². The molecule has 0 saturated heterocycles. The second-order valence-electron chi connectivity index (χ2n) is 4.02. The first-order valence-corrected chi connectivity index (χ1v) is 6.36. The van der Waals surface area contributed by atoms with Crippen LogP contribution in [0.1, 0.15) is 0 Å². The molecule has 16 heavy (non-hydrogen) atoms. The highest BCUT2D eigenvalue weighted by molar-refractivity contribution is 7.99. The maximum atomic E-state index is 2.30. The molecule has 0 atom stereocenters. The van der Waals surface area contributed by atoms with Gasteiger partial charge in [0.2, 0.25) is 0 Å². The van der Waals surface area contributed by atoms with Crippen LogP contribution >= 0.6 is 11.8 Å². The van der Waals surface area contributed by atoms with Gasteiger partial charge in [-0.3, -0.25) is 0 Å². The third-order valence-electron chi connectivity index (χ3n) is 2.89. The van der Waals surface area contributed by atoms with E-state index < -0.39 is 0 Å². The van der Waals surface area contributed by atoms with Gasteiger partial charge in [-0.05, 0) is 23.3 Å². The standard InChI is InChI=1S/C14H13NS/c1-15-10-16-14-8-7-12(9-13(14)15)11-5-3-2-4-6-11/h2-9H,10H2,1H3. The monoisotopic (exact) mass is 227 g/mol. The number of hydrogen-bond donors (Lipinski definition) is 0. The number of nitrogens with zero attached hydrogens (tertiary/aromatic N) is 1. The maximum Gasteiger partial charge on any atom is 0.0683 e. The van der Waals surface area contributed by atoms with E-state index in [0.29, 0.717) is 0 Å². The van der Waals surface area contributed by atoms with Gasteiger partial charge in [0.25, 0.3) is 0 Å². The molecule has 1 heterocycles. The van der Waals surface area contributed by atoms with Crippen molar-refractivity contribution >= 4 is 17.4 Å².